The van der Waals surface area contributed by atoms with E-state index in [2.05, 4.69) is 5.10 Å². The van der Waals surface area contributed by atoms with Crippen molar-refractivity contribution in [2.75, 3.05) is 0 Å². The van der Waals surface area contributed by atoms with Gasteiger partial charge in [0.15, 0.2) is 0 Å². The van der Waals surface area contributed by atoms with Crippen LogP contribution in [0.4, 0.5) is 8.78 Å². The van der Waals surface area contributed by atoms with Crippen LogP contribution in [0.15, 0.2) is 6.07 Å². The molecular formula is C10H14F2N2. The number of aryl methyl sites for hydroxylation is 1. The van der Waals surface area contributed by atoms with E-state index >= 15 is 0 Å². The Morgan fingerprint density at radius 3 is 2.79 bits per heavy atom. The van der Waals surface area contributed by atoms with E-state index < -0.39 is 5.92 Å². The Labute approximate surface area is 81.9 Å². The molecule has 78 valence electrons. The number of fused-ring (bicyclic) bond motifs is 1. The van der Waals surface area contributed by atoms with Crippen molar-refractivity contribution in [2.24, 2.45) is 0 Å². The zero-order chi connectivity index (χ0) is 10.3. The van der Waals surface area contributed by atoms with E-state index in [-0.39, 0.29) is 18.0 Å². The van der Waals surface area contributed by atoms with Crippen molar-refractivity contribution in [1.29, 1.82) is 0 Å². The zero-order valence-electron chi connectivity index (χ0n) is 8.43. The maximum atomic E-state index is 13.4. The summed E-state index contributed by atoms with van der Waals surface area (Å²) in [7, 11) is 0. The van der Waals surface area contributed by atoms with E-state index in [1.54, 1.807) is 6.07 Å². The summed E-state index contributed by atoms with van der Waals surface area (Å²) in [6, 6.07) is 1.55. The Morgan fingerprint density at radius 2 is 2.21 bits per heavy atom. The fourth-order valence-corrected chi connectivity index (χ4v) is 1.76. The van der Waals surface area contributed by atoms with Gasteiger partial charge in [-0.15, -0.1) is 0 Å². The second kappa shape index (κ2) is 3.04. The summed E-state index contributed by atoms with van der Waals surface area (Å²) >= 11 is 0. The number of halogens is 2. The van der Waals surface area contributed by atoms with E-state index in [0.717, 1.165) is 5.69 Å². The van der Waals surface area contributed by atoms with Crippen LogP contribution < -0.4 is 0 Å². The van der Waals surface area contributed by atoms with Gasteiger partial charge in [0.2, 0.25) is 0 Å². The minimum atomic E-state index is -2.68. The van der Waals surface area contributed by atoms with Crippen LogP contribution in [0.1, 0.15) is 44.0 Å². The average molecular weight is 200 g/mol. The predicted molar refractivity (Wildman–Crippen MR) is 49.4 cm³/mol. The third-order valence-corrected chi connectivity index (χ3v) is 2.63. The first-order valence-electron chi connectivity index (χ1n) is 4.97. The zero-order valence-corrected chi connectivity index (χ0v) is 8.43. The molecule has 0 atom stereocenters. The average Bonchev–Trinajstić information content (AvgIpc) is 2.48. The van der Waals surface area contributed by atoms with Crippen LogP contribution >= 0.6 is 0 Å². The summed E-state index contributed by atoms with van der Waals surface area (Å²) < 4.78 is 28.3. The van der Waals surface area contributed by atoms with Gasteiger partial charge in [-0.25, -0.2) is 0 Å². The number of hydrogen-bond donors (Lipinski definition) is 0. The normalized spacial score (nSPS) is 19.8. The Balaban J connectivity index is 2.44. The lowest BCUT2D eigenvalue weighted by Crippen LogP contribution is -2.25. The smallest absolute Gasteiger partial charge is 0.263 e. The fraction of sp³-hybridized carbons (Fsp3) is 0.700. The quantitative estimate of drug-likeness (QED) is 0.681. The van der Waals surface area contributed by atoms with E-state index in [4.69, 9.17) is 0 Å². The van der Waals surface area contributed by atoms with Crippen LogP contribution in [-0.2, 0) is 12.5 Å². The van der Waals surface area contributed by atoms with Crippen molar-refractivity contribution in [1.82, 2.24) is 9.78 Å². The fourth-order valence-electron chi connectivity index (χ4n) is 1.76. The third-order valence-electron chi connectivity index (χ3n) is 2.63. The van der Waals surface area contributed by atoms with Crippen molar-refractivity contribution in [3.05, 3.63) is 17.5 Å². The highest BCUT2D eigenvalue weighted by molar-refractivity contribution is 5.19. The molecule has 14 heavy (non-hydrogen) atoms. The lowest BCUT2D eigenvalue weighted by Gasteiger charge is -2.22. The molecule has 0 amide bonds. The summed E-state index contributed by atoms with van der Waals surface area (Å²) in [6.07, 6.45) is 0.468. The van der Waals surface area contributed by atoms with Gasteiger partial charge in [-0.3, -0.25) is 4.68 Å². The maximum absolute atomic E-state index is 13.4. The van der Waals surface area contributed by atoms with Crippen LogP contribution in [0.25, 0.3) is 0 Å². The van der Waals surface area contributed by atoms with Crippen LogP contribution in [0.2, 0.25) is 0 Å². The van der Waals surface area contributed by atoms with E-state index in [1.807, 2.05) is 13.8 Å². The van der Waals surface area contributed by atoms with Gasteiger partial charge in [-0.1, -0.05) is 13.8 Å². The monoisotopic (exact) mass is 200 g/mol. The predicted octanol–water partition coefficient (Wildman–Crippen LogP) is 2.89. The minimum Gasteiger partial charge on any atom is -0.263 e. The number of rotatable bonds is 1. The topological polar surface area (TPSA) is 17.8 Å². The third kappa shape index (κ3) is 1.42. The molecule has 2 nitrogen and oxygen atoms in total. The van der Waals surface area contributed by atoms with Gasteiger partial charge in [0.25, 0.3) is 5.92 Å². The van der Waals surface area contributed by atoms with Gasteiger partial charge in [-0.05, 0) is 18.4 Å². The molecule has 0 saturated carbocycles. The molecule has 4 heteroatoms. The largest absolute Gasteiger partial charge is 0.289 e. The van der Waals surface area contributed by atoms with Crippen molar-refractivity contribution >= 4 is 0 Å². The van der Waals surface area contributed by atoms with Crippen LogP contribution in [-0.4, -0.2) is 9.78 Å². The Hall–Kier alpha value is -0.930. The summed E-state index contributed by atoms with van der Waals surface area (Å²) in [5, 5.41) is 4.18. The molecule has 1 aromatic rings. The van der Waals surface area contributed by atoms with Gasteiger partial charge in [0, 0.05) is 13.0 Å². The number of nitrogens with zero attached hydrogens (tertiary/aromatic N) is 2. The second-order valence-corrected chi connectivity index (χ2v) is 4.14. The SMILES string of the molecule is CC(C)c1cc2n(n1)CCCC2(F)F. The standard InChI is InChI=1S/C10H14F2N2/c1-7(2)8-6-9-10(11,12)4-3-5-14(9)13-8/h6-7H,3-5H2,1-2H3. The van der Waals surface area contributed by atoms with Gasteiger partial charge < -0.3 is 0 Å². The first kappa shape index (κ1) is 9.62. The molecule has 2 heterocycles. The molecule has 2 rings (SSSR count). The number of alkyl halides is 2. The highest BCUT2D eigenvalue weighted by Gasteiger charge is 2.38. The molecule has 0 radical (unpaired) electrons. The van der Waals surface area contributed by atoms with Crippen LogP contribution in [0.3, 0.4) is 0 Å². The van der Waals surface area contributed by atoms with Crippen LogP contribution in [0, 0.1) is 0 Å². The molecular weight excluding hydrogens is 186 g/mol. The molecule has 0 saturated heterocycles. The highest BCUT2D eigenvalue weighted by Crippen LogP contribution is 2.37. The summed E-state index contributed by atoms with van der Waals surface area (Å²) in [6.45, 7) is 4.55. The second-order valence-electron chi connectivity index (χ2n) is 4.14. The molecule has 0 spiro atoms. The van der Waals surface area contributed by atoms with Gasteiger partial charge in [0.05, 0.1) is 5.69 Å². The first-order chi connectivity index (χ1) is 6.50. The molecule has 0 N–H and O–H groups in total. The van der Waals surface area contributed by atoms with Crippen molar-refractivity contribution < 1.29 is 8.78 Å². The Bertz CT molecular complexity index is 342. The first-order valence-corrected chi connectivity index (χ1v) is 4.97. The molecule has 0 aliphatic carbocycles. The maximum Gasteiger partial charge on any atom is 0.289 e. The molecule has 1 aromatic heterocycles. The molecule has 0 aromatic carbocycles. The molecule has 1 aliphatic rings. The number of hydrogen-bond acceptors (Lipinski definition) is 1. The van der Waals surface area contributed by atoms with E-state index in [0.29, 0.717) is 13.0 Å². The van der Waals surface area contributed by atoms with Crippen molar-refractivity contribution in [3.63, 3.8) is 0 Å². The highest BCUT2D eigenvalue weighted by atomic mass is 19.3. The Kier molecular flexibility index (Phi) is 2.09. The molecule has 0 fully saturated rings. The molecule has 0 unspecified atom stereocenters. The summed E-state index contributed by atoms with van der Waals surface area (Å²) in [4.78, 5) is 0. The lowest BCUT2D eigenvalue weighted by atomic mass is 10.0. The summed E-state index contributed by atoms with van der Waals surface area (Å²) in [5.74, 6) is -2.47. The van der Waals surface area contributed by atoms with Gasteiger partial charge >= 0.3 is 0 Å². The summed E-state index contributed by atoms with van der Waals surface area (Å²) in [5.41, 5.74) is 0.856. The van der Waals surface area contributed by atoms with Crippen molar-refractivity contribution in [2.45, 2.75) is 45.1 Å². The van der Waals surface area contributed by atoms with E-state index in [9.17, 15) is 8.78 Å². The minimum absolute atomic E-state index is 0.0454. The molecule has 1 aliphatic heterocycles. The van der Waals surface area contributed by atoms with Gasteiger partial charge in [0.1, 0.15) is 5.69 Å². The van der Waals surface area contributed by atoms with Crippen LogP contribution in [0.5, 0.6) is 0 Å². The Morgan fingerprint density at radius 1 is 1.50 bits per heavy atom. The number of aromatic nitrogens is 2. The lowest BCUT2D eigenvalue weighted by molar-refractivity contribution is -0.0364. The van der Waals surface area contributed by atoms with Gasteiger partial charge in [-0.2, -0.15) is 13.9 Å². The molecule has 0 bridgehead atoms. The van der Waals surface area contributed by atoms with Crippen molar-refractivity contribution in [3.8, 4) is 0 Å². The van der Waals surface area contributed by atoms with E-state index in [1.165, 1.54) is 4.68 Å².